The number of nitrogens with zero attached hydrogens (tertiary/aromatic N) is 1. The summed E-state index contributed by atoms with van der Waals surface area (Å²) in [4.78, 5) is 26.5. The molecule has 1 atom stereocenters. The zero-order chi connectivity index (χ0) is 24.9. The van der Waals surface area contributed by atoms with Gasteiger partial charge in [0.05, 0.1) is 5.92 Å². The third kappa shape index (κ3) is 6.26. The van der Waals surface area contributed by atoms with Crippen molar-refractivity contribution in [1.82, 2.24) is 10.2 Å². The minimum Gasteiger partial charge on any atom is -0.355 e. The van der Waals surface area contributed by atoms with Crippen molar-refractivity contribution in [2.45, 2.75) is 51.5 Å². The van der Waals surface area contributed by atoms with E-state index < -0.39 is 18.8 Å². The van der Waals surface area contributed by atoms with E-state index in [0.717, 1.165) is 33.2 Å². The molecule has 1 heterocycles. The molecule has 2 amide bonds. The molecular formula is C25H33N3O2S. The van der Waals surface area contributed by atoms with Gasteiger partial charge in [0.15, 0.2) is 0 Å². The summed E-state index contributed by atoms with van der Waals surface area (Å²) in [5, 5.41) is 6.34. The minimum absolute atomic E-state index is 0.0681. The molecule has 2 aromatic carbocycles. The Balaban J connectivity index is 1.56. The van der Waals surface area contributed by atoms with Crippen molar-refractivity contribution < 1.29 is 13.7 Å². The summed E-state index contributed by atoms with van der Waals surface area (Å²) in [6.45, 7) is 4.07. The number of rotatable bonds is 9. The van der Waals surface area contributed by atoms with E-state index in [1.807, 2.05) is 36.9 Å². The monoisotopic (exact) mass is 442 g/mol. The van der Waals surface area contributed by atoms with Crippen molar-refractivity contribution in [1.29, 1.82) is 0 Å². The predicted molar refractivity (Wildman–Crippen MR) is 129 cm³/mol. The Labute approximate surface area is 194 Å². The van der Waals surface area contributed by atoms with Gasteiger partial charge >= 0.3 is 0 Å². The number of amides is 2. The first-order valence-corrected chi connectivity index (χ1v) is 11.7. The van der Waals surface area contributed by atoms with Gasteiger partial charge in [-0.2, -0.15) is 0 Å². The van der Waals surface area contributed by atoms with Crippen LogP contribution in [0.4, 0.5) is 11.4 Å². The number of carbonyl (C=O) groups is 2. The van der Waals surface area contributed by atoms with Gasteiger partial charge in [-0.3, -0.25) is 9.59 Å². The predicted octanol–water partition coefficient (Wildman–Crippen LogP) is 5.03. The largest absolute Gasteiger partial charge is 0.355 e. The van der Waals surface area contributed by atoms with Crippen LogP contribution in [0.2, 0.25) is 0 Å². The second-order valence-corrected chi connectivity index (χ2v) is 9.24. The van der Waals surface area contributed by atoms with E-state index >= 15 is 0 Å². The lowest BCUT2D eigenvalue weighted by molar-refractivity contribution is -0.128. The summed E-state index contributed by atoms with van der Waals surface area (Å²) in [5.74, 6) is -0.308. The maximum absolute atomic E-state index is 12.5. The van der Waals surface area contributed by atoms with Crippen molar-refractivity contribution in [3.63, 3.8) is 0 Å². The zero-order valence-corrected chi connectivity index (χ0v) is 19.3. The molecule has 1 aliphatic rings. The number of unbranched alkanes of at least 4 members (excludes halogenated alkanes) is 1. The van der Waals surface area contributed by atoms with Crippen LogP contribution in [0.15, 0.2) is 41.3 Å². The molecule has 0 aliphatic carbocycles. The molecule has 0 aromatic heterocycles. The first kappa shape index (κ1) is 19.2. The second-order valence-electron chi connectivity index (χ2n) is 8.08. The Morgan fingerprint density at radius 3 is 2.58 bits per heavy atom. The van der Waals surface area contributed by atoms with Gasteiger partial charge in [0, 0.05) is 46.9 Å². The fraction of sp³-hybridized carbons (Fsp3) is 0.440. The van der Waals surface area contributed by atoms with Gasteiger partial charge in [0.2, 0.25) is 11.8 Å². The molecule has 31 heavy (non-hydrogen) atoms. The van der Waals surface area contributed by atoms with Gasteiger partial charge in [0.25, 0.3) is 0 Å². The van der Waals surface area contributed by atoms with Crippen LogP contribution in [0.1, 0.15) is 47.0 Å². The van der Waals surface area contributed by atoms with Gasteiger partial charge in [-0.15, -0.1) is 11.8 Å². The highest BCUT2D eigenvalue weighted by Gasteiger charge is 2.31. The smallest absolute Gasteiger partial charge is 0.225 e. The van der Waals surface area contributed by atoms with E-state index in [9.17, 15) is 9.59 Å². The quantitative estimate of drug-likeness (QED) is 0.422. The fourth-order valence-electron chi connectivity index (χ4n) is 3.54. The van der Waals surface area contributed by atoms with Crippen molar-refractivity contribution >= 4 is 35.0 Å². The topological polar surface area (TPSA) is 61.4 Å². The molecule has 2 N–H and O–H groups in total. The molecule has 0 radical (unpaired) electrons. The molecule has 166 valence electrons. The maximum atomic E-state index is 12.5. The van der Waals surface area contributed by atoms with Gasteiger partial charge in [-0.05, 0) is 67.0 Å². The molecule has 6 heteroatoms. The highest BCUT2D eigenvalue weighted by molar-refractivity contribution is 7.99. The minimum atomic E-state index is -2.50. The molecule has 0 saturated carbocycles. The molecule has 2 aromatic rings. The third-order valence-corrected chi connectivity index (χ3v) is 6.57. The molecular weight excluding hydrogens is 406 g/mol. The number of hydrogen-bond acceptors (Lipinski definition) is 4. The Bertz CT molecular complexity index is 1040. The van der Waals surface area contributed by atoms with Crippen LogP contribution in [0.25, 0.3) is 0 Å². The Kier molecular flexibility index (Phi) is 6.65. The standard InChI is InChI=1S/C25H33N3O2S/c1-5-6-11-31-21-8-10-23(18(3)13-21)27-22-9-7-19(12-17(22)2)15-26-25(30)20-14-24(29)28(4)16-20/h7-10,12-13,20,27H,5-6,11,14-16H2,1-4H3,(H,26,30)/i4D3. The Morgan fingerprint density at radius 1 is 1.19 bits per heavy atom. The highest BCUT2D eigenvalue weighted by Crippen LogP contribution is 2.28. The Hall–Kier alpha value is -2.47. The normalized spacial score (nSPS) is 17.8. The number of nitrogens with one attached hydrogen (secondary N) is 2. The number of benzene rings is 2. The first-order chi connectivity index (χ1) is 16.1. The molecule has 0 spiro atoms. The van der Waals surface area contributed by atoms with Crippen molar-refractivity contribution in [2.24, 2.45) is 5.92 Å². The van der Waals surface area contributed by atoms with Crippen LogP contribution in [-0.2, 0) is 16.1 Å². The summed E-state index contributed by atoms with van der Waals surface area (Å²) in [6, 6.07) is 12.4. The number of anilines is 2. The molecule has 0 bridgehead atoms. The highest BCUT2D eigenvalue weighted by atomic mass is 32.2. The summed E-state index contributed by atoms with van der Waals surface area (Å²) in [6.07, 6.45) is 2.35. The van der Waals surface area contributed by atoms with E-state index in [1.54, 1.807) is 0 Å². The van der Waals surface area contributed by atoms with Crippen LogP contribution in [0, 0.1) is 19.8 Å². The molecule has 5 nitrogen and oxygen atoms in total. The molecule has 1 aliphatic heterocycles. The van der Waals surface area contributed by atoms with Crippen LogP contribution in [0.3, 0.4) is 0 Å². The molecule has 3 rings (SSSR count). The van der Waals surface area contributed by atoms with E-state index in [0.29, 0.717) is 6.54 Å². The lowest BCUT2D eigenvalue weighted by atomic mass is 10.1. The summed E-state index contributed by atoms with van der Waals surface area (Å²) in [5.41, 5.74) is 5.24. The van der Waals surface area contributed by atoms with Gasteiger partial charge < -0.3 is 15.5 Å². The second kappa shape index (κ2) is 10.7. The SMILES string of the molecule is [2H]C([2H])([2H])N1CC(C(=O)NCc2ccc(Nc3ccc(SCCCC)cc3C)c(C)c2)CC1=O. The van der Waals surface area contributed by atoms with Crippen LogP contribution in [-0.4, -0.2) is 36.0 Å². The number of likely N-dealkylation sites (tertiary alicyclic amines) is 1. The average molecular weight is 443 g/mol. The lowest BCUT2D eigenvalue weighted by Gasteiger charge is -2.15. The van der Waals surface area contributed by atoms with Crippen LogP contribution >= 0.6 is 11.8 Å². The maximum Gasteiger partial charge on any atom is 0.225 e. The number of carbonyl (C=O) groups excluding carboxylic acids is 2. The molecule has 1 saturated heterocycles. The third-order valence-electron chi connectivity index (χ3n) is 5.49. The van der Waals surface area contributed by atoms with Gasteiger partial charge in [-0.25, -0.2) is 0 Å². The Morgan fingerprint density at radius 2 is 1.94 bits per heavy atom. The van der Waals surface area contributed by atoms with E-state index in [4.69, 9.17) is 4.11 Å². The summed E-state index contributed by atoms with van der Waals surface area (Å²) < 4.78 is 22.2. The average Bonchev–Trinajstić information content (AvgIpc) is 3.18. The zero-order valence-electron chi connectivity index (χ0n) is 21.5. The molecule has 1 unspecified atom stereocenters. The van der Waals surface area contributed by atoms with E-state index in [1.165, 1.54) is 23.3 Å². The molecule has 1 fully saturated rings. The fourth-order valence-corrected chi connectivity index (χ4v) is 4.63. The van der Waals surface area contributed by atoms with Gasteiger partial charge in [-0.1, -0.05) is 25.5 Å². The first-order valence-electron chi connectivity index (χ1n) is 12.3. The van der Waals surface area contributed by atoms with Crippen molar-refractivity contribution in [3.8, 4) is 0 Å². The van der Waals surface area contributed by atoms with Crippen LogP contribution in [0.5, 0.6) is 0 Å². The number of aryl methyl sites for hydroxylation is 2. The van der Waals surface area contributed by atoms with E-state index in [2.05, 4.69) is 42.7 Å². The number of hydrogen-bond donors (Lipinski definition) is 2. The number of thioether (sulfide) groups is 1. The van der Waals surface area contributed by atoms with E-state index in [-0.39, 0.29) is 18.9 Å². The summed E-state index contributed by atoms with van der Waals surface area (Å²) >= 11 is 1.89. The van der Waals surface area contributed by atoms with Gasteiger partial charge in [0.1, 0.15) is 0 Å². The van der Waals surface area contributed by atoms with Crippen LogP contribution < -0.4 is 10.6 Å². The van der Waals surface area contributed by atoms with Crippen molar-refractivity contribution in [3.05, 3.63) is 53.1 Å². The van der Waals surface area contributed by atoms with Crippen molar-refractivity contribution in [2.75, 3.05) is 24.6 Å². The summed E-state index contributed by atoms with van der Waals surface area (Å²) in [7, 11) is 0. The lowest BCUT2D eigenvalue weighted by Crippen LogP contribution is -2.31.